The second-order valence-corrected chi connectivity index (χ2v) is 5.86. The molecule has 1 aliphatic heterocycles. The molecule has 1 fully saturated rings. The van der Waals surface area contributed by atoms with E-state index in [4.69, 9.17) is 0 Å². The number of hydrogen-bond acceptors (Lipinski definition) is 3. The van der Waals surface area contributed by atoms with Gasteiger partial charge in [-0.1, -0.05) is 18.2 Å². The molecular formula is C17H22ClN3O2. The molecule has 23 heavy (non-hydrogen) atoms. The van der Waals surface area contributed by atoms with Crippen molar-refractivity contribution in [1.82, 2.24) is 15.6 Å². The molecule has 1 unspecified atom stereocenters. The maximum absolute atomic E-state index is 12.2. The maximum Gasteiger partial charge on any atom is 0.261 e. The number of benzene rings is 1. The van der Waals surface area contributed by atoms with Gasteiger partial charge < -0.3 is 15.6 Å². The molecule has 0 saturated carbocycles. The molecule has 1 amide bonds. The van der Waals surface area contributed by atoms with Gasteiger partial charge >= 0.3 is 0 Å². The lowest BCUT2D eigenvalue weighted by Gasteiger charge is -2.22. The first-order valence-electron chi connectivity index (χ1n) is 7.85. The van der Waals surface area contributed by atoms with Crippen molar-refractivity contribution in [3.63, 3.8) is 0 Å². The zero-order valence-electron chi connectivity index (χ0n) is 12.9. The Bertz CT molecular complexity index is 723. The van der Waals surface area contributed by atoms with E-state index in [9.17, 15) is 9.59 Å². The molecule has 0 radical (unpaired) electrons. The van der Waals surface area contributed by atoms with Crippen molar-refractivity contribution in [3.05, 3.63) is 46.2 Å². The van der Waals surface area contributed by atoms with E-state index in [-0.39, 0.29) is 29.4 Å². The number of aromatic nitrogens is 1. The van der Waals surface area contributed by atoms with Crippen LogP contribution in [0, 0.1) is 5.92 Å². The van der Waals surface area contributed by atoms with Crippen LogP contribution >= 0.6 is 12.4 Å². The van der Waals surface area contributed by atoms with E-state index in [0.717, 1.165) is 30.4 Å². The second-order valence-electron chi connectivity index (χ2n) is 5.86. The van der Waals surface area contributed by atoms with Gasteiger partial charge in [-0.25, -0.2) is 0 Å². The van der Waals surface area contributed by atoms with Crippen molar-refractivity contribution in [2.45, 2.75) is 19.3 Å². The molecule has 1 aromatic heterocycles. The number of halogens is 1. The minimum absolute atomic E-state index is 0. The van der Waals surface area contributed by atoms with Crippen molar-refractivity contribution in [1.29, 1.82) is 0 Å². The molecule has 1 aromatic carbocycles. The van der Waals surface area contributed by atoms with Crippen LogP contribution in [0.2, 0.25) is 0 Å². The van der Waals surface area contributed by atoms with Gasteiger partial charge in [0.15, 0.2) is 0 Å². The molecular weight excluding hydrogens is 314 g/mol. The smallest absolute Gasteiger partial charge is 0.261 e. The van der Waals surface area contributed by atoms with Crippen LogP contribution in [-0.4, -0.2) is 30.5 Å². The Morgan fingerprint density at radius 1 is 1.30 bits per heavy atom. The van der Waals surface area contributed by atoms with Gasteiger partial charge in [0.05, 0.1) is 0 Å². The lowest BCUT2D eigenvalue weighted by atomic mass is 9.96. The number of piperidine rings is 1. The fourth-order valence-corrected chi connectivity index (χ4v) is 2.97. The summed E-state index contributed by atoms with van der Waals surface area (Å²) in [5, 5.41) is 7.10. The van der Waals surface area contributed by atoms with Gasteiger partial charge in [-0.05, 0) is 55.8 Å². The van der Waals surface area contributed by atoms with Crippen molar-refractivity contribution in [2.75, 3.05) is 19.6 Å². The first kappa shape index (κ1) is 17.5. The highest BCUT2D eigenvalue weighted by Crippen LogP contribution is 2.13. The first-order valence-corrected chi connectivity index (χ1v) is 7.85. The Morgan fingerprint density at radius 3 is 2.91 bits per heavy atom. The van der Waals surface area contributed by atoms with Crippen LogP contribution in [0.1, 0.15) is 29.6 Å². The second kappa shape index (κ2) is 8.13. The molecule has 124 valence electrons. The van der Waals surface area contributed by atoms with Crippen molar-refractivity contribution in [2.24, 2.45) is 5.92 Å². The minimum Gasteiger partial charge on any atom is -0.352 e. The summed E-state index contributed by atoms with van der Waals surface area (Å²) in [5.41, 5.74) is 0.591. The van der Waals surface area contributed by atoms with Crippen molar-refractivity contribution < 1.29 is 4.79 Å². The molecule has 2 heterocycles. The largest absolute Gasteiger partial charge is 0.352 e. The van der Waals surface area contributed by atoms with Crippen LogP contribution in [0.3, 0.4) is 0 Å². The van der Waals surface area contributed by atoms with Crippen LogP contribution in [-0.2, 0) is 0 Å². The van der Waals surface area contributed by atoms with E-state index in [1.165, 1.54) is 12.8 Å². The average Bonchev–Trinajstić information content (AvgIpc) is 2.55. The number of pyridine rings is 1. The fraction of sp³-hybridized carbons (Fsp3) is 0.412. The molecule has 1 atom stereocenters. The normalized spacial score (nSPS) is 17.5. The van der Waals surface area contributed by atoms with Crippen LogP contribution in [0.15, 0.2) is 35.1 Å². The molecule has 3 rings (SSSR count). The van der Waals surface area contributed by atoms with Gasteiger partial charge in [0, 0.05) is 12.1 Å². The number of para-hydroxylation sites is 1. The third-order valence-corrected chi connectivity index (χ3v) is 4.24. The number of carbonyl (C=O) groups excluding carboxylic acids is 1. The lowest BCUT2D eigenvalue weighted by Crippen LogP contribution is -2.34. The van der Waals surface area contributed by atoms with Crippen LogP contribution < -0.4 is 16.2 Å². The number of hydrogen-bond donors (Lipinski definition) is 3. The van der Waals surface area contributed by atoms with Gasteiger partial charge in [0.2, 0.25) is 0 Å². The predicted octanol–water partition coefficient (Wildman–Crippen LogP) is 2.07. The van der Waals surface area contributed by atoms with Crippen LogP contribution in [0.5, 0.6) is 0 Å². The van der Waals surface area contributed by atoms with Gasteiger partial charge in [-0.2, -0.15) is 0 Å². The third-order valence-electron chi connectivity index (χ3n) is 4.24. The molecule has 6 heteroatoms. The SMILES string of the molecule is Cl.O=C(NCCC1CCCNC1)c1cc2ccccc2[nH]c1=O. The van der Waals surface area contributed by atoms with Gasteiger partial charge in [0.25, 0.3) is 11.5 Å². The van der Waals surface area contributed by atoms with Gasteiger partial charge in [-0.15, -0.1) is 12.4 Å². The number of carbonyl (C=O) groups is 1. The molecule has 0 aliphatic carbocycles. The summed E-state index contributed by atoms with van der Waals surface area (Å²) in [6.07, 6.45) is 3.35. The number of aromatic amines is 1. The standard InChI is InChI=1S/C17H21N3O2.ClH/c21-16(19-9-7-12-4-3-8-18-11-12)14-10-13-5-1-2-6-15(13)20-17(14)22;/h1-2,5-6,10,12,18H,3-4,7-9,11H2,(H,19,21)(H,20,22);1H. The molecule has 1 saturated heterocycles. The van der Waals surface area contributed by atoms with E-state index >= 15 is 0 Å². The Morgan fingerprint density at radius 2 is 2.13 bits per heavy atom. The summed E-state index contributed by atoms with van der Waals surface area (Å²) in [6.45, 7) is 2.72. The fourth-order valence-electron chi connectivity index (χ4n) is 2.97. The Hall–Kier alpha value is -1.85. The quantitative estimate of drug-likeness (QED) is 0.800. The maximum atomic E-state index is 12.2. The van der Waals surface area contributed by atoms with Gasteiger partial charge in [0.1, 0.15) is 5.56 Å². The Balaban J connectivity index is 0.00000192. The van der Waals surface area contributed by atoms with Crippen LogP contribution in [0.25, 0.3) is 10.9 Å². The summed E-state index contributed by atoms with van der Waals surface area (Å²) in [7, 11) is 0. The van der Waals surface area contributed by atoms with E-state index in [1.54, 1.807) is 6.07 Å². The number of H-pyrrole nitrogens is 1. The number of amides is 1. The van der Waals surface area contributed by atoms with Crippen molar-refractivity contribution in [3.8, 4) is 0 Å². The highest BCUT2D eigenvalue weighted by Gasteiger charge is 2.15. The predicted molar refractivity (Wildman–Crippen MR) is 94.4 cm³/mol. The molecule has 2 aromatic rings. The summed E-state index contributed by atoms with van der Waals surface area (Å²) in [4.78, 5) is 27.0. The third kappa shape index (κ3) is 4.33. The summed E-state index contributed by atoms with van der Waals surface area (Å²) in [6, 6.07) is 9.12. The minimum atomic E-state index is -0.337. The lowest BCUT2D eigenvalue weighted by molar-refractivity contribution is 0.0949. The molecule has 0 bridgehead atoms. The molecule has 3 N–H and O–H groups in total. The zero-order valence-corrected chi connectivity index (χ0v) is 13.7. The van der Waals surface area contributed by atoms with E-state index in [0.29, 0.717) is 12.5 Å². The molecule has 1 aliphatic rings. The highest BCUT2D eigenvalue weighted by molar-refractivity contribution is 5.97. The summed E-state index contributed by atoms with van der Waals surface area (Å²) in [5.74, 6) is 0.319. The molecule has 0 spiro atoms. The van der Waals surface area contributed by atoms with E-state index in [2.05, 4.69) is 15.6 Å². The average molecular weight is 336 g/mol. The monoisotopic (exact) mass is 335 g/mol. The first-order chi connectivity index (χ1) is 10.7. The molecule has 5 nitrogen and oxygen atoms in total. The van der Waals surface area contributed by atoms with Gasteiger partial charge in [-0.3, -0.25) is 9.59 Å². The zero-order chi connectivity index (χ0) is 15.4. The Labute approximate surface area is 141 Å². The highest BCUT2D eigenvalue weighted by atomic mass is 35.5. The topological polar surface area (TPSA) is 74.0 Å². The van der Waals surface area contributed by atoms with E-state index in [1.807, 2.05) is 24.3 Å². The Kier molecular flexibility index (Phi) is 6.19. The van der Waals surface area contributed by atoms with Crippen molar-refractivity contribution >= 4 is 29.2 Å². The van der Waals surface area contributed by atoms with Crippen LogP contribution in [0.4, 0.5) is 0 Å². The number of rotatable bonds is 4. The summed E-state index contributed by atoms with van der Waals surface area (Å²) < 4.78 is 0. The number of nitrogens with one attached hydrogen (secondary N) is 3. The summed E-state index contributed by atoms with van der Waals surface area (Å²) >= 11 is 0. The number of fused-ring (bicyclic) bond motifs is 1. The van der Waals surface area contributed by atoms with E-state index < -0.39 is 0 Å².